The van der Waals surface area contributed by atoms with Gasteiger partial charge in [0.15, 0.2) is 12.2 Å². The molecule has 0 saturated carbocycles. The molecule has 0 aliphatic rings. The number of aliphatic hydroxyl groups excluding tert-OH is 1. The Bertz CT molecular complexity index is 1850. The Balaban J connectivity index is 5.23. The van der Waals surface area contributed by atoms with Crippen molar-refractivity contribution in [3.05, 3.63) is 0 Å². The second kappa shape index (κ2) is 66.6. The molecule has 0 bridgehead atoms. The summed E-state index contributed by atoms with van der Waals surface area (Å²) in [5.41, 5.74) is 0. The van der Waals surface area contributed by atoms with Gasteiger partial charge in [-0.3, -0.25) is 37.3 Å². The Morgan fingerprint density at radius 3 is 0.800 bits per heavy atom. The van der Waals surface area contributed by atoms with Crippen LogP contribution in [0.25, 0.3) is 0 Å². The zero-order chi connectivity index (χ0) is 70.1. The molecule has 6 atom stereocenters. The van der Waals surface area contributed by atoms with Crippen LogP contribution >= 0.6 is 15.6 Å². The van der Waals surface area contributed by atoms with Gasteiger partial charge in [0.25, 0.3) is 0 Å². The van der Waals surface area contributed by atoms with Crippen molar-refractivity contribution in [1.82, 2.24) is 0 Å². The van der Waals surface area contributed by atoms with E-state index in [1.807, 2.05) is 0 Å². The molecule has 0 aliphatic heterocycles. The van der Waals surface area contributed by atoms with Crippen LogP contribution in [0, 0.1) is 17.8 Å². The van der Waals surface area contributed by atoms with E-state index in [0.29, 0.717) is 25.7 Å². The number of esters is 4. The fourth-order valence-corrected chi connectivity index (χ4v) is 13.1. The number of rotatable bonds is 74. The van der Waals surface area contributed by atoms with E-state index in [9.17, 15) is 43.2 Å². The molecule has 19 heteroatoms. The lowest BCUT2D eigenvalue weighted by atomic mass is 9.99. The lowest BCUT2D eigenvalue weighted by molar-refractivity contribution is -0.161. The highest BCUT2D eigenvalue weighted by atomic mass is 31.2. The van der Waals surface area contributed by atoms with Gasteiger partial charge in [-0.1, -0.05) is 337 Å². The van der Waals surface area contributed by atoms with Crippen LogP contribution < -0.4 is 0 Å². The highest BCUT2D eigenvalue weighted by Gasteiger charge is 2.30. The molecule has 0 aromatic carbocycles. The van der Waals surface area contributed by atoms with Crippen LogP contribution in [0.4, 0.5) is 0 Å². The normalized spacial score (nSPS) is 14.4. The van der Waals surface area contributed by atoms with E-state index >= 15 is 0 Å². The van der Waals surface area contributed by atoms with Crippen molar-refractivity contribution in [2.24, 2.45) is 17.8 Å². The first kappa shape index (κ1) is 93.1. The standard InChI is InChI=1S/C76H148O17P2/c1-8-10-11-12-13-26-36-43-50-57-73(78)86-63-72(93-76(81)60-53-46-39-32-31-35-42-49-56-69(7)9-2)66-91-95(84,85)89-62-70(77)61-88-94(82,83)90-65-71(64-87-74(79)58-51-44-37-29-24-21-20-23-28-34-41-48-55-68(5)6)92-75(80)59-52-45-38-30-25-19-17-15-14-16-18-22-27-33-40-47-54-67(3)4/h67-72,77H,8-66H2,1-7H3,(H,82,83)(H,84,85)/t69?,70-,71-,72-/m1/s1. The molecular weight excluding hydrogens is 1250 g/mol. The summed E-state index contributed by atoms with van der Waals surface area (Å²) in [7, 11) is -9.91. The Kier molecular flexibility index (Phi) is 65.2. The lowest BCUT2D eigenvalue weighted by Crippen LogP contribution is -2.30. The summed E-state index contributed by atoms with van der Waals surface area (Å²) in [5.74, 6) is 0.241. The first-order valence-electron chi connectivity index (χ1n) is 39.4. The molecule has 3 unspecified atom stereocenters. The van der Waals surface area contributed by atoms with E-state index in [4.69, 9.17) is 37.0 Å². The van der Waals surface area contributed by atoms with Crippen molar-refractivity contribution >= 4 is 39.5 Å². The fraction of sp³-hybridized carbons (Fsp3) is 0.947. The molecule has 0 spiro atoms. The third-order valence-electron chi connectivity index (χ3n) is 18.0. The summed E-state index contributed by atoms with van der Waals surface area (Å²) >= 11 is 0. The molecule has 0 aliphatic carbocycles. The van der Waals surface area contributed by atoms with Gasteiger partial charge in [0.1, 0.15) is 19.3 Å². The Morgan fingerprint density at radius 1 is 0.305 bits per heavy atom. The minimum atomic E-state index is -4.96. The minimum Gasteiger partial charge on any atom is -0.462 e. The summed E-state index contributed by atoms with van der Waals surface area (Å²) in [4.78, 5) is 72.8. The Morgan fingerprint density at radius 2 is 0.537 bits per heavy atom. The molecule has 0 rings (SSSR count). The van der Waals surface area contributed by atoms with Crippen molar-refractivity contribution in [2.45, 2.75) is 407 Å². The molecule has 0 heterocycles. The molecule has 95 heavy (non-hydrogen) atoms. The van der Waals surface area contributed by atoms with Crippen LogP contribution in [-0.2, 0) is 65.4 Å². The second-order valence-electron chi connectivity index (χ2n) is 28.6. The third kappa shape index (κ3) is 69.0. The Hall–Kier alpha value is -1.94. The van der Waals surface area contributed by atoms with Crippen molar-refractivity contribution < 1.29 is 80.2 Å². The number of aliphatic hydroxyl groups is 1. The summed E-state index contributed by atoms with van der Waals surface area (Å²) < 4.78 is 68.5. The highest BCUT2D eigenvalue weighted by Crippen LogP contribution is 2.45. The van der Waals surface area contributed by atoms with E-state index in [1.165, 1.54) is 199 Å². The summed E-state index contributed by atoms with van der Waals surface area (Å²) in [5, 5.41) is 10.6. The monoisotopic (exact) mass is 1400 g/mol. The molecule has 0 aromatic rings. The number of carbonyl (C=O) groups excluding carboxylic acids is 4. The minimum absolute atomic E-state index is 0.105. The first-order chi connectivity index (χ1) is 45.8. The summed E-state index contributed by atoms with van der Waals surface area (Å²) in [6.07, 6.45) is 52.7. The molecular formula is C76H148O17P2. The predicted octanol–water partition coefficient (Wildman–Crippen LogP) is 22.2. The quantitative estimate of drug-likeness (QED) is 0.0222. The zero-order valence-corrected chi connectivity index (χ0v) is 63.9. The van der Waals surface area contributed by atoms with Crippen LogP contribution in [-0.4, -0.2) is 96.7 Å². The van der Waals surface area contributed by atoms with Crippen molar-refractivity contribution in [3.63, 3.8) is 0 Å². The van der Waals surface area contributed by atoms with Gasteiger partial charge in [-0.2, -0.15) is 0 Å². The van der Waals surface area contributed by atoms with Crippen molar-refractivity contribution in [1.29, 1.82) is 0 Å². The van der Waals surface area contributed by atoms with Gasteiger partial charge < -0.3 is 33.8 Å². The van der Waals surface area contributed by atoms with Gasteiger partial charge in [-0.05, 0) is 43.4 Å². The summed E-state index contributed by atoms with van der Waals surface area (Å²) in [6, 6.07) is 0. The smallest absolute Gasteiger partial charge is 0.462 e. The van der Waals surface area contributed by atoms with Crippen LogP contribution in [0.15, 0.2) is 0 Å². The number of unbranched alkanes of at least 4 members (excludes halogenated alkanes) is 41. The maximum atomic E-state index is 13.1. The number of hydrogen-bond donors (Lipinski definition) is 3. The number of ether oxygens (including phenoxy) is 4. The maximum Gasteiger partial charge on any atom is 0.472 e. The van der Waals surface area contributed by atoms with Crippen LogP contribution in [0.1, 0.15) is 389 Å². The van der Waals surface area contributed by atoms with Gasteiger partial charge in [0, 0.05) is 25.7 Å². The topological polar surface area (TPSA) is 237 Å². The number of phosphoric ester groups is 2. The maximum absolute atomic E-state index is 13.1. The molecule has 564 valence electrons. The van der Waals surface area contributed by atoms with E-state index in [2.05, 4.69) is 48.5 Å². The van der Waals surface area contributed by atoms with E-state index in [1.54, 1.807) is 0 Å². The molecule has 0 aromatic heterocycles. The largest absolute Gasteiger partial charge is 0.472 e. The van der Waals surface area contributed by atoms with Crippen molar-refractivity contribution in [3.8, 4) is 0 Å². The third-order valence-corrected chi connectivity index (χ3v) is 19.9. The average Bonchev–Trinajstić information content (AvgIpc) is 1.37. The lowest BCUT2D eigenvalue weighted by Gasteiger charge is -2.21. The van der Waals surface area contributed by atoms with E-state index in [-0.39, 0.29) is 25.7 Å². The van der Waals surface area contributed by atoms with Gasteiger partial charge in [-0.15, -0.1) is 0 Å². The molecule has 3 N–H and O–H groups in total. The number of phosphoric acid groups is 2. The molecule has 0 amide bonds. The average molecular weight is 1400 g/mol. The molecule has 0 saturated heterocycles. The van der Waals surface area contributed by atoms with Gasteiger partial charge >= 0.3 is 39.5 Å². The Labute approximate surface area is 581 Å². The second-order valence-corrected chi connectivity index (χ2v) is 31.5. The number of hydrogen-bond acceptors (Lipinski definition) is 15. The van der Waals surface area contributed by atoms with Crippen molar-refractivity contribution in [2.75, 3.05) is 39.6 Å². The predicted molar refractivity (Wildman–Crippen MR) is 386 cm³/mol. The van der Waals surface area contributed by atoms with E-state index < -0.39 is 97.5 Å². The first-order valence-corrected chi connectivity index (χ1v) is 42.4. The molecule has 0 fully saturated rings. The van der Waals surface area contributed by atoms with Gasteiger partial charge in [-0.25, -0.2) is 9.13 Å². The van der Waals surface area contributed by atoms with Crippen LogP contribution in [0.5, 0.6) is 0 Å². The highest BCUT2D eigenvalue weighted by molar-refractivity contribution is 7.47. The molecule has 0 radical (unpaired) electrons. The fourth-order valence-electron chi connectivity index (χ4n) is 11.6. The van der Waals surface area contributed by atoms with E-state index in [0.717, 1.165) is 108 Å². The SMILES string of the molecule is CCCCCCCCCCCC(=O)OC[C@H](COP(=O)(O)OC[C@H](O)COP(=O)(O)OC[C@@H](COC(=O)CCCCCCCCCCCCCCC(C)C)OC(=O)CCCCCCCCCCCCCCCCCCC(C)C)OC(=O)CCCCCCCCCCC(C)CC. The van der Waals surface area contributed by atoms with Gasteiger partial charge in [0.05, 0.1) is 26.4 Å². The van der Waals surface area contributed by atoms with Gasteiger partial charge in [0.2, 0.25) is 0 Å². The van der Waals surface area contributed by atoms with Crippen LogP contribution in [0.3, 0.4) is 0 Å². The summed E-state index contributed by atoms with van der Waals surface area (Å²) in [6.45, 7) is 11.9. The number of carbonyl (C=O) groups is 4. The zero-order valence-electron chi connectivity index (χ0n) is 62.1. The van der Waals surface area contributed by atoms with Crippen LogP contribution in [0.2, 0.25) is 0 Å². The molecule has 17 nitrogen and oxygen atoms in total.